The molecule has 2 rings (SSSR count). The molecule has 2 aromatic carbocycles. The molecule has 21 heavy (non-hydrogen) atoms. The molecule has 0 saturated heterocycles. The van der Waals surface area contributed by atoms with Crippen LogP contribution in [0, 0.1) is 5.82 Å². The fourth-order valence-corrected chi connectivity index (χ4v) is 3.81. The number of rotatable bonds is 6. The molecule has 0 radical (unpaired) electrons. The number of nitrogens with two attached hydrogens (primary N) is 1. The Morgan fingerprint density at radius 2 is 1.67 bits per heavy atom. The van der Waals surface area contributed by atoms with E-state index in [1.54, 1.807) is 12.1 Å². The van der Waals surface area contributed by atoms with Gasteiger partial charge in [-0.3, -0.25) is 0 Å². The third kappa shape index (κ3) is 4.95. The van der Waals surface area contributed by atoms with Gasteiger partial charge in [0, 0.05) is 12.3 Å². The second-order valence-electron chi connectivity index (χ2n) is 4.81. The molecule has 0 saturated carbocycles. The minimum Gasteiger partial charge on any atom is -0.330 e. The molecule has 0 bridgehead atoms. The van der Waals surface area contributed by atoms with Crippen molar-refractivity contribution in [3.63, 3.8) is 0 Å². The molecular formula is C16H19FN2OS. The smallest absolute Gasteiger partial charge is 0.123 e. The van der Waals surface area contributed by atoms with Crippen molar-refractivity contribution in [2.75, 3.05) is 12.3 Å². The molecule has 0 aliphatic heterocycles. The molecule has 0 aliphatic carbocycles. The highest BCUT2D eigenvalue weighted by Crippen LogP contribution is 2.12. The van der Waals surface area contributed by atoms with Crippen LogP contribution in [0.4, 0.5) is 4.39 Å². The molecule has 2 aromatic rings. The van der Waals surface area contributed by atoms with Crippen molar-refractivity contribution in [2.45, 2.75) is 12.3 Å². The summed E-state index contributed by atoms with van der Waals surface area (Å²) in [6.07, 6.45) is 0. The van der Waals surface area contributed by atoms with Gasteiger partial charge in [-0.2, -0.15) is 0 Å². The van der Waals surface area contributed by atoms with Crippen molar-refractivity contribution in [1.29, 1.82) is 0 Å². The van der Waals surface area contributed by atoms with Crippen molar-refractivity contribution in [3.05, 3.63) is 71.5 Å². The summed E-state index contributed by atoms with van der Waals surface area (Å²) in [4.78, 5) is 0. The number of hydrogen-bond acceptors (Lipinski definition) is 3. The Hall–Kier alpha value is -1.72. The fourth-order valence-electron chi connectivity index (χ4n) is 1.98. The minimum atomic E-state index is -2.43. The lowest BCUT2D eigenvalue weighted by Crippen LogP contribution is -2.17. The summed E-state index contributed by atoms with van der Waals surface area (Å²) in [7, 11) is -2.43. The third-order valence-electron chi connectivity index (χ3n) is 3.07. The summed E-state index contributed by atoms with van der Waals surface area (Å²) in [6, 6.07) is 15.7. The summed E-state index contributed by atoms with van der Waals surface area (Å²) in [6.45, 7) is 0.721. The van der Waals surface area contributed by atoms with Crippen molar-refractivity contribution >= 4 is 9.73 Å². The molecule has 0 heterocycles. The zero-order valence-corrected chi connectivity index (χ0v) is 12.6. The largest absolute Gasteiger partial charge is 0.330 e. The molecule has 0 spiro atoms. The van der Waals surface area contributed by atoms with E-state index in [-0.39, 0.29) is 5.82 Å². The Kier molecular flexibility index (Phi) is 5.47. The van der Waals surface area contributed by atoms with Crippen molar-refractivity contribution in [3.8, 4) is 0 Å². The Morgan fingerprint density at radius 1 is 1.00 bits per heavy atom. The van der Waals surface area contributed by atoms with Crippen LogP contribution in [0.1, 0.15) is 11.1 Å². The highest BCUT2D eigenvalue weighted by atomic mass is 32.2. The molecule has 0 amide bonds. The van der Waals surface area contributed by atoms with Crippen LogP contribution in [0.3, 0.4) is 0 Å². The van der Waals surface area contributed by atoms with Gasteiger partial charge in [-0.05, 0) is 23.3 Å². The quantitative estimate of drug-likeness (QED) is 0.892. The lowest BCUT2D eigenvalue weighted by molar-refractivity contribution is 0.627. The molecule has 0 aromatic heterocycles. The third-order valence-corrected chi connectivity index (χ3v) is 5.33. The summed E-state index contributed by atoms with van der Waals surface area (Å²) < 4.78 is 30.2. The van der Waals surface area contributed by atoms with E-state index >= 15 is 0 Å². The van der Waals surface area contributed by atoms with Crippen LogP contribution < -0.4 is 5.73 Å². The highest BCUT2D eigenvalue weighted by molar-refractivity contribution is 7.92. The maximum atomic E-state index is 12.9. The van der Waals surface area contributed by atoms with Crippen LogP contribution in [0.15, 0.2) is 59.0 Å². The van der Waals surface area contributed by atoms with Gasteiger partial charge >= 0.3 is 0 Å². The topological polar surface area (TPSA) is 55.5 Å². The van der Waals surface area contributed by atoms with Crippen molar-refractivity contribution in [2.24, 2.45) is 10.1 Å². The second-order valence-corrected chi connectivity index (χ2v) is 7.31. The van der Waals surface area contributed by atoms with Gasteiger partial charge < -0.3 is 5.73 Å². The minimum absolute atomic E-state index is 0.301. The highest BCUT2D eigenvalue weighted by Gasteiger charge is 2.10. The molecule has 0 aliphatic rings. The molecule has 2 N–H and O–H groups in total. The van der Waals surface area contributed by atoms with E-state index in [1.165, 1.54) is 12.1 Å². The van der Waals surface area contributed by atoms with E-state index in [2.05, 4.69) is 4.36 Å². The van der Waals surface area contributed by atoms with Gasteiger partial charge in [0.05, 0.1) is 22.0 Å². The number of nitrogens with zero attached hydrogens (tertiary/aromatic N) is 1. The van der Waals surface area contributed by atoms with Gasteiger partial charge in [-0.1, -0.05) is 42.5 Å². The monoisotopic (exact) mass is 306 g/mol. The Balaban J connectivity index is 2.19. The average molecular weight is 306 g/mol. The number of benzene rings is 2. The Bertz CT molecular complexity index is 677. The van der Waals surface area contributed by atoms with E-state index in [9.17, 15) is 8.60 Å². The van der Waals surface area contributed by atoms with E-state index < -0.39 is 9.73 Å². The van der Waals surface area contributed by atoms with E-state index in [4.69, 9.17) is 5.73 Å². The zero-order valence-electron chi connectivity index (χ0n) is 11.7. The van der Waals surface area contributed by atoms with E-state index in [0.29, 0.717) is 24.6 Å². The first kappa shape index (κ1) is 15.7. The lowest BCUT2D eigenvalue weighted by atomic mass is 10.2. The SMILES string of the molecule is NCCS(=O)(Cc1ccc(F)cc1)=NCc1ccccc1. The van der Waals surface area contributed by atoms with Crippen LogP contribution >= 0.6 is 0 Å². The van der Waals surface area contributed by atoms with Gasteiger partial charge in [0.1, 0.15) is 5.82 Å². The maximum absolute atomic E-state index is 12.9. The van der Waals surface area contributed by atoms with Gasteiger partial charge in [0.25, 0.3) is 0 Å². The lowest BCUT2D eigenvalue weighted by Gasteiger charge is -2.10. The zero-order chi connectivity index (χ0) is 15.1. The Morgan fingerprint density at radius 3 is 2.29 bits per heavy atom. The van der Waals surface area contributed by atoms with Crippen molar-refractivity contribution < 1.29 is 8.60 Å². The average Bonchev–Trinajstić information content (AvgIpc) is 2.49. The summed E-state index contributed by atoms with van der Waals surface area (Å²) in [5, 5.41) is 0. The predicted molar refractivity (Wildman–Crippen MR) is 84.7 cm³/mol. The van der Waals surface area contributed by atoms with Gasteiger partial charge in [-0.25, -0.2) is 13.0 Å². The molecule has 5 heteroatoms. The van der Waals surface area contributed by atoms with Crippen LogP contribution in [0.25, 0.3) is 0 Å². The van der Waals surface area contributed by atoms with Crippen LogP contribution in [0.5, 0.6) is 0 Å². The molecule has 3 nitrogen and oxygen atoms in total. The van der Waals surface area contributed by atoms with Crippen LogP contribution in [-0.2, 0) is 22.0 Å². The maximum Gasteiger partial charge on any atom is 0.123 e. The normalized spacial score (nSPS) is 13.6. The molecular weight excluding hydrogens is 287 g/mol. The fraction of sp³-hybridized carbons (Fsp3) is 0.250. The summed E-state index contributed by atoms with van der Waals surface area (Å²) in [5.74, 6) is 0.347. The van der Waals surface area contributed by atoms with Crippen molar-refractivity contribution in [1.82, 2.24) is 0 Å². The van der Waals surface area contributed by atoms with Gasteiger partial charge in [-0.15, -0.1) is 0 Å². The van der Waals surface area contributed by atoms with Gasteiger partial charge in [0.2, 0.25) is 0 Å². The molecule has 1 atom stereocenters. The first-order valence-electron chi connectivity index (χ1n) is 6.78. The second kappa shape index (κ2) is 7.33. The number of halogens is 1. The standard InChI is InChI=1S/C16H19FN2OS/c17-16-8-6-15(7-9-16)13-21(20,11-10-18)19-12-14-4-2-1-3-5-14/h1-9H,10-13,18H2. The van der Waals surface area contributed by atoms with E-state index in [1.807, 2.05) is 30.3 Å². The van der Waals surface area contributed by atoms with Gasteiger partial charge in [0.15, 0.2) is 0 Å². The predicted octanol–water partition coefficient (Wildman–Crippen LogP) is 2.95. The molecule has 112 valence electrons. The number of hydrogen-bond donors (Lipinski definition) is 1. The molecule has 0 fully saturated rings. The van der Waals surface area contributed by atoms with Crippen LogP contribution in [0.2, 0.25) is 0 Å². The molecule has 1 unspecified atom stereocenters. The first-order valence-corrected chi connectivity index (χ1v) is 8.63. The van der Waals surface area contributed by atoms with E-state index in [0.717, 1.165) is 11.1 Å². The first-order chi connectivity index (χ1) is 10.1. The van der Waals surface area contributed by atoms with Crippen LogP contribution in [-0.4, -0.2) is 16.5 Å². The summed E-state index contributed by atoms with van der Waals surface area (Å²) >= 11 is 0. The summed E-state index contributed by atoms with van der Waals surface area (Å²) in [5.41, 5.74) is 7.39. The Labute approximate surface area is 125 Å².